The maximum absolute atomic E-state index is 4.03. The van der Waals surface area contributed by atoms with Crippen LogP contribution in [0.1, 0.15) is 10.0 Å². The molecule has 16 heavy (non-hydrogen) atoms. The molecular weight excluding hydrogens is 320 g/mol. The first-order chi connectivity index (χ1) is 7.74. The zero-order valence-corrected chi connectivity index (χ0v) is 13.1. The Morgan fingerprint density at radius 3 is 1.50 bits per heavy atom. The quantitative estimate of drug-likeness (QED) is 0.601. The Balaban J connectivity index is 1.69. The van der Waals surface area contributed by atoms with E-state index in [4.69, 9.17) is 0 Å². The molecule has 10 heteroatoms. The Labute approximate surface area is 116 Å². The number of nitrogens with zero attached hydrogens (tertiary/aromatic N) is 4. The summed E-state index contributed by atoms with van der Waals surface area (Å²) < 4.78 is 1.98. The summed E-state index contributed by atoms with van der Waals surface area (Å²) in [5.74, 6) is 0. The molecule has 0 aliphatic heterocycles. The second kappa shape index (κ2) is 6.45. The lowest BCUT2D eigenvalue weighted by atomic mass is 10.9. The van der Waals surface area contributed by atoms with Crippen LogP contribution in [0.4, 0.5) is 0 Å². The van der Waals surface area contributed by atoms with Crippen molar-refractivity contribution < 1.29 is 0 Å². The van der Waals surface area contributed by atoms with Crippen LogP contribution < -0.4 is 0 Å². The highest BCUT2D eigenvalue weighted by Gasteiger charge is 2.05. The fraction of sp³-hybridized carbons (Fsp3) is 0.333. The molecule has 0 atom stereocenters. The molecule has 0 aliphatic carbocycles. The maximum atomic E-state index is 4.03. The van der Waals surface area contributed by atoms with Gasteiger partial charge in [0, 0.05) is 0 Å². The van der Waals surface area contributed by atoms with Crippen LogP contribution in [0.5, 0.6) is 0 Å². The fourth-order valence-corrected chi connectivity index (χ4v) is 8.73. The van der Waals surface area contributed by atoms with Gasteiger partial charge in [-0.25, -0.2) is 0 Å². The van der Waals surface area contributed by atoms with Gasteiger partial charge < -0.3 is 0 Å². The van der Waals surface area contributed by atoms with Crippen LogP contribution >= 0.6 is 63.9 Å². The van der Waals surface area contributed by atoms with Crippen molar-refractivity contribution in [2.24, 2.45) is 0 Å². The fourth-order valence-electron chi connectivity index (χ4n) is 0.710. The SMILES string of the molecule is Cc1nnc(SSSSc2nnc(C)s2)s1. The van der Waals surface area contributed by atoms with Gasteiger partial charge in [-0.2, -0.15) is 0 Å². The van der Waals surface area contributed by atoms with Crippen LogP contribution in [-0.4, -0.2) is 20.4 Å². The third-order valence-electron chi connectivity index (χ3n) is 1.25. The summed E-state index contributed by atoms with van der Waals surface area (Å²) >= 11 is 3.22. The molecule has 0 unspecified atom stereocenters. The summed E-state index contributed by atoms with van der Waals surface area (Å²) in [6.45, 7) is 3.91. The van der Waals surface area contributed by atoms with Gasteiger partial charge in [0.15, 0.2) is 8.68 Å². The minimum absolute atomic E-state index is 0.990. The van der Waals surface area contributed by atoms with E-state index in [-0.39, 0.29) is 0 Å². The van der Waals surface area contributed by atoms with Gasteiger partial charge in [0.1, 0.15) is 10.0 Å². The maximum Gasteiger partial charge on any atom is 0.185 e. The van der Waals surface area contributed by atoms with Crippen molar-refractivity contribution >= 4 is 63.9 Å². The van der Waals surface area contributed by atoms with Crippen molar-refractivity contribution in [3.63, 3.8) is 0 Å². The predicted molar refractivity (Wildman–Crippen MR) is 76.2 cm³/mol. The van der Waals surface area contributed by atoms with Crippen LogP contribution in [0.15, 0.2) is 8.68 Å². The first kappa shape index (κ1) is 13.0. The van der Waals surface area contributed by atoms with E-state index in [1.54, 1.807) is 63.9 Å². The molecule has 0 aliphatic rings. The van der Waals surface area contributed by atoms with Gasteiger partial charge >= 0.3 is 0 Å². The Kier molecular flexibility index (Phi) is 5.23. The lowest BCUT2D eigenvalue weighted by molar-refractivity contribution is 0.986. The average molecular weight is 327 g/mol. The van der Waals surface area contributed by atoms with Gasteiger partial charge in [-0.05, 0) is 55.1 Å². The van der Waals surface area contributed by atoms with E-state index in [2.05, 4.69) is 20.4 Å². The topological polar surface area (TPSA) is 51.6 Å². The van der Waals surface area contributed by atoms with Gasteiger partial charge in [0.2, 0.25) is 0 Å². The Bertz CT molecular complexity index is 411. The highest BCUT2D eigenvalue weighted by Crippen LogP contribution is 2.49. The van der Waals surface area contributed by atoms with Crippen LogP contribution in [0.3, 0.4) is 0 Å². The van der Waals surface area contributed by atoms with Crippen molar-refractivity contribution in [1.82, 2.24) is 20.4 Å². The molecule has 0 fully saturated rings. The van der Waals surface area contributed by atoms with Gasteiger partial charge in [-0.1, -0.05) is 22.7 Å². The number of aryl methyl sites for hydroxylation is 2. The molecule has 0 aromatic carbocycles. The highest BCUT2D eigenvalue weighted by molar-refractivity contribution is 9.26. The van der Waals surface area contributed by atoms with Crippen LogP contribution in [0, 0.1) is 13.8 Å². The molecule has 2 aromatic heterocycles. The molecule has 2 heterocycles. The summed E-state index contributed by atoms with van der Waals surface area (Å²) in [5, 5.41) is 18.0. The monoisotopic (exact) mass is 326 g/mol. The number of hydrogen-bond donors (Lipinski definition) is 0. The molecule has 0 N–H and O–H groups in total. The zero-order chi connectivity index (χ0) is 11.4. The molecule has 0 radical (unpaired) electrons. The molecule has 2 rings (SSSR count). The van der Waals surface area contributed by atoms with E-state index >= 15 is 0 Å². The molecule has 0 bridgehead atoms. The highest BCUT2D eigenvalue weighted by atomic mass is 33.7. The molecule has 2 aromatic rings. The summed E-state index contributed by atoms with van der Waals surface area (Å²) in [5.41, 5.74) is 0. The van der Waals surface area contributed by atoms with E-state index in [1.165, 1.54) is 0 Å². The Morgan fingerprint density at radius 1 is 0.750 bits per heavy atom. The normalized spacial score (nSPS) is 10.9. The molecule has 0 saturated heterocycles. The largest absolute Gasteiger partial charge is 0.185 e. The van der Waals surface area contributed by atoms with Crippen LogP contribution in [0.2, 0.25) is 0 Å². The summed E-state index contributed by atoms with van der Waals surface area (Å²) in [4.78, 5) is 0. The average Bonchev–Trinajstić information content (AvgIpc) is 2.83. The number of hydrogen-bond acceptors (Lipinski definition) is 10. The Hall–Kier alpha value is 0.520. The van der Waals surface area contributed by atoms with Crippen molar-refractivity contribution in [3.8, 4) is 0 Å². The zero-order valence-electron chi connectivity index (χ0n) is 8.24. The van der Waals surface area contributed by atoms with E-state index < -0.39 is 0 Å². The van der Waals surface area contributed by atoms with E-state index in [0.717, 1.165) is 18.7 Å². The van der Waals surface area contributed by atoms with E-state index in [0.29, 0.717) is 0 Å². The second-order valence-electron chi connectivity index (χ2n) is 2.48. The lowest BCUT2D eigenvalue weighted by Gasteiger charge is -1.92. The van der Waals surface area contributed by atoms with Crippen molar-refractivity contribution in [1.29, 1.82) is 0 Å². The van der Waals surface area contributed by atoms with Gasteiger partial charge in [0.25, 0.3) is 0 Å². The second-order valence-corrected chi connectivity index (χ2v) is 11.0. The van der Waals surface area contributed by atoms with Gasteiger partial charge in [-0.15, -0.1) is 20.4 Å². The first-order valence-corrected chi connectivity index (χ1v) is 10.5. The summed E-state index contributed by atoms with van der Waals surface area (Å²) in [7, 11) is 6.59. The minimum Gasteiger partial charge on any atom is -0.143 e. The van der Waals surface area contributed by atoms with Gasteiger partial charge in [0.05, 0.1) is 0 Å². The smallest absolute Gasteiger partial charge is 0.143 e. The molecule has 0 spiro atoms. The van der Waals surface area contributed by atoms with Crippen LogP contribution in [-0.2, 0) is 0 Å². The van der Waals surface area contributed by atoms with Crippen molar-refractivity contribution in [3.05, 3.63) is 10.0 Å². The number of aromatic nitrogens is 4. The third kappa shape index (κ3) is 4.08. The summed E-state index contributed by atoms with van der Waals surface area (Å²) in [6, 6.07) is 0. The molecule has 4 nitrogen and oxygen atoms in total. The molecule has 86 valence electrons. The van der Waals surface area contributed by atoms with Gasteiger partial charge in [-0.3, -0.25) is 0 Å². The molecule has 0 saturated carbocycles. The number of rotatable bonds is 5. The van der Waals surface area contributed by atoms with E-state index in [9.17, 15) is 0 Å². The van der Waals surface area contributed by atoms with Crippen molar-refractivity contribution in [2.45, 2.75) is 22.5 Å². The standard InChI is InChI=1S/C6H6N4S6/c1-3-7-9-5(11-3)13-15-16-14-6-10-8-4(2)12-6/h1-2H3. The van der Waals surface area contributed by atoms with E-state index in [1.807, 2.05) is 13.8 Å². The van der Waals surface area contributed by atoms with Crippen molar-refractivity contribution in [2.75, 3.05) is 0 Å². The first-order valence-electron chi connectivity index (χ1n) is 4.02. The third-order valence-corrected chi connectivity index (χ3v) is 9.54. The molecule has 0 amide bonds. The molecular formula is C6H6N4S6. The predicted octanol–water partition coefficient (Wildman–Crippen LogP) is 4.10. The lowest BCUT2D eigenvalue weighted by Crippen LogP contribution is -1.68. The Morgan fingerprint density at radius 2 is 1.19 bits per heavy atom. The van der Waals surface area contributed by atoms with Crippen LogP contribution in [0.25, 0.3) is 0 Å². The summed E-state index contributed by atoms with van der Waals surface area (Å²) in [6.07, 6.45) is 0. The minimum atomic E-state index is 0.990.